The van der Waals surface area contributed by atoms with Crippen LogP contribution in [0, 0.1) is 6.92 Å². The molecule has 0 unspecified atom stereocenters. The van der Waals surface area contributed by atoms with Crippen LogP contribution >= 0.6 is 0 Å². The summed E-state index contributed by atoms with van der Waals surface area (Å²) in [5.74, 6) is 0. The van der Waals surface area contributed by atoms with Gasteiger partial charge in [-0.15, -0.1) is 0 Å². The zero-order valence-corrected chi connectivity index (χ0v) is 12.1. The molecule has 0 radical (unpaired) electrons. The van der Waals surface area contributed by atoms with E-state index < -0.39 is 0 Å². The van der Waals surface area contributed by atoms with Crippen LogP contribution in [0.15, 0.2) is 42.6 Å². The number of fused-ring (bicyclic) bond motifs is 1. The van der Waals surface area contributed by atoms with Crippen molar-refractivity contribution in [1.29, 1.82) is 0 Å². The first-order valence-electron chi connectivity index (χ1n) is 7.12. The summed E-state index contributed by atoms with van der Waals surface area (Å²) in [6.07, 6.45) is 2.41. The van der Waals surface area contributed by atoms with Crippen molar-refractivity contribution in [2.75, 3.05) is 6.54 Å². The predicted octanol–water partition coefficient (Wildman–Crippen LogP) is 3.08. The summed E-state index contributed by atoms with van der Waals surface area (Å²) in [5, 5.41) is 0. The van der Waals surface area contributed by atoms with Gasteiger partial charge in [0.2, 0.25) is 0 Å². The summed E-state index contributed by atoms with van der Waals surface area (Å²) in [5.41, 5.74) is 4.33. The van der Waals surface area contributed by atoms with Gasteiger partial charge in [-0.3, -0.25) is 4.98 Å². The molecule has 0 fully saturated rings. The number of rotatable bonds is 2. The molecule has 2 heterocycles. The van der Waals surface area contributed by atoms with Crippen molar-refractivity contribution in [3.05, 3.63) is 65.0 Å². The zero-order chi connectivity index (χ0) is 14.7. The molecule has 1 aromatic carbocycles. The van der Waals surface area contributed by atoms with Gasteiger partial charge in [0.25, 0.3) is 0 Å². The molecule has 0 saturated carbocycles. The highest BCUT2D eigenvalue weighted by Gasteiger charge is 2.22. The molecular formula is C17H18N2O2. The van der Waals surface area contributed by atoms with E-state index in [1.165, 1.54) is 0 Å². The molecule has 0 aliphatic carbocycles. The highest BCUT2D eigenvalue weighted by Crippen LogP contribution is 2.19. The van der Waals surface area contributed by atoms with Crippen LogP contribution in [0.1, 0.15) is 22.4 Å². The quantitative estimate of drug-likeness (QED) is 0.850. The summed E-state index contributed by atoms with van der Waals surface area (Å²) in [4.78, 5) is 18.3. The minimum atomic E-state index is -0.258. The van der Waals surface area contributed by atoms with Crippen molar-refractivity contribution in [3.8, 4) is 0 Å². The van der Waals surface area contributed by atoms with E-state index in [0.717, 1.165) is 28.8 Å². The van der Waals surface area contributed by atoms with Crippen molar-refractivity contribution in [2.45, 2.75) is 26.5 Å². The molecular weight excluding hydrogens is 264 g/mol. The van der Waals surface area contributed by atoms with Crippen LogP contribution in [0.4, 0.5) is 4.79 Å². The number of ether oxygens (including phenoxy) is 1. The Kier molecular flexibility index (Phi) is 3.86. The van der Waals surface area contributed by atoms with Crippen molar-refractivity contribution >= 4 is 6.09 Å². The van der Waals surface area contributed by atoms with E-state index in [9.17, 15) is 4.79 Å². The Hall–Kier alpha value is -2.36. The fourth-order valence-corrected chi connectivity index (χ4v) is 2.51. The molecule has 1 aliphatic rings. The standard InChI is InChI=1S/C17H18N2O2/c1-13-9-15-11-19(8-7-16(15)18-10-13)17(20)21-12-14-5-3-2-4-6-14/h2-6,9-10H,7-8,11-12H2,1H3. The summed E-state index contributed by atoms with van der Waals surface area (Å²) >= 11 is 0. The molecule has 4 heteroatoms. The van der Waals surface area contributed by atoms with Crippen molar-refractivity contribution in [2.24, 2.45) is 0 Å². The van der Waals surface area contributed by atoms with Gasteiger partial charge in [-0.2, -0.15) is 0 Å². The lowest BCUT2D eigenvalue weighted by Gasteiger charge is -2.27. The SMILES string of the molecule is Cc1cnc2c(c1)CN(C(=O)OCc1ccccc1)CC2. The minimum absolute atomic E-state index is 0.258. The number of amides is 1. The number of hydrogen-bond donors (Lipinski definition) is 0. The van der Waals surface area contributed by atoms with Gasteiger partial charge >= 0.3 is 6.09 Å². The highest BCUT2D eigenvalue weighted by molar-refractivity contribution is 5.68. The van der Waals surface area contributed by atoms with E-state index in [1.54, 1.807) is 4.90 Å². The Morgan fingerprint density at radius 1 is 1.33 bits per heavy atom. The third kappa shape index (κ3) is 3.21. The fourth-order valence-electron chi connectivity index (χ4n) is 2.51. The maximum Gasteiger partial charge on any atom is 0.410 e. The van der Waals surface area contributed by atoms with E-state index in [0.29, 0.717) is 19.7 Å². The fraction of sp³-hybridized carbons (Fsp3) is 0.294. The van der Waals surface area contributed by atoms with Crippen LogP contribution in [-0.4, -0.2) is 22.5 Å². The molecule has 0 atom stereocenters. The first-order valence-corrected chi connectivity index (χ1v) is 7.12. The molecule has 0 N–H and O–H groups in total. The van der Waals surface area contributed by atoms with Gasteiger partial charge < -0.3 is 9.64 Å². The maximum absolute atomic E-state index is 12.1. The number of carbonyl (C=O) groups excluding carboxylic acids is 1. The lowest BCUT2D eigenvalue weighted by atomic mass is 10.0. The van der Waals surface area contributed by atoms with Gasteiger partial charge in [0.1, 0.15) is 6.61 Å². The minimum Gasteiger partial charge on any atom is -0.445 e. The predicted molar refractivity (Wildman–Crippen MR) is 79.7 cm³/mol. The number of hydrogen-bond acceptors (Lipinski definition) is 3. The van der Waals surface area contributed by atoms with Crippen molar-refractivity contribution < 1.29 is 9.53 Å². The van der Waals surface area contributed by atoms with Crippen LogP contribution in [-0.2, 0) is 24.3 Å². The first-order chi connectivity index (χ1) is 10.2. The number of pyridine rings is 1. The summed E-state index contributed by atoms with van der Waals surface area (Å²) < 4.78 is 5.38. The summed E-state index contributed by atoms with van der Waals surface area (Å²) in [6.45, 7) is 3.57. The second-order valence-electron chi connectivity index (χ2n) is 5.33. The number of carbonyl (C=O) groups is 1. The zero-order valence-electron chi connectivity index (χ0n) is 12.1. The first kappa shape index (κ1) is 13.6. The molecule has 2 aromatic rings. The van der Waals surface area contributed by atoms with Crippen LogP contribution in [0.5, 0.6) is 0 Å². The molecule has 0 bridgehead atoms. The van der Waals surface area contributed by atoms with E-state index in [4.69, 9.17) is 4.74 Å². The average molecular weight is 282 g/mol. The van der Waals surface area contributed by atoms with Gasteiger partial charge in [0.15, 0.2) is 0 Å². The largest absolute Gasteiger partial charge is 0.445 e. The molecule has 1 aliphatic heterocycles. The van der Waals surface area contributed by atoms with E-state index in [-0.39, 0.29) is 6.09 Å². The van der Waals surface area contributed by atoms with Crippen LogP contribution in [0.2, 0.25) is 0 Å². The molecule has 108 valence electrons. The Balaban J connectivity index is 1.61. The normalized spacial score (nSPS) is 13.7. The average Bonchev–Trinajstić information content (AvgIpc) is 2.53. The molecule has 0 spiro atoms. The smallest absolute Gasteiger partial charge is 0.410 e. The summed E-state index contributed by atoms with van der Waals surface area (Å²) in [7, 11) is 0. The van der Waals surface area contributed by atoms with Crippen LogP contribution < -0.4 is 0 Å². The van der Waals surface area contributed by atoms with Gasteiger partial charge in [-0.25, -0.2) is 4.79 Å². The highest BCUT2D eigenvalue weighted by atomic mass is 16.6. The summed E-state index contributed by atoms with van der Waals surface area (Å²) in [6, 6.07) is 11.8. The van der Waals surface area contributed by atoms with E-state index in [1.807, 2.05) is 43.5 Å². The lowest BCUT2D eigenvalue weighted by molar-refractivity contribution is 0.0916. The van der Waals surface area contributed by atoms with Gasteiger partial charge in [-0.05, 0) is 23.6 Å². The molecule has 1 amide bonds. The van der Waals surface area contributed by atoms with Gasteiger partial charge in [0.05, 0.1) is 6.54 Å². The van der Waals surface area contributed by atoms with E-state index >= 15 is 0 Å². The monoisotopic (exact) mass is 282 g/mol. The lowest BCUT2D eigenvalue weighted by Crippen LogP contribution is -2.36. The van der Waals surface area contributed by atoms with Gasteiger partial charge in [0, 0.05) is 24.9 Å². The Bertz CT molecular complexity index is 640. The Morgan fingerprint density at radius 3 is 2.95 bits per heavy atom. The number of nitrogens with zero attached hydrogens (tertiary/aromatic N) is 2. The Labute approximate surface area is 124 Å². The third-order valence-corrected chi connectivity index (χ3v) is 3.64. The van der Waals surface area contributed by atoms with Crippen molar-refractivity contribution in [3.63, 3.8) is 0 Å². The number of benzene rings is 1. The number of aryl methyl sites for hydroxylation is 1. The molecule has 3 rings (SSSR count). The van der Waals surface area contributed by atoms with E-state index in [2.05, 4.69) is 11.1 Å². The van der Waals surface area contributed by atoms with Gasteiger partial charge in [-0.1, -0.05) is 36.4 Å². The Morgan fingerprint density at radius 2 is 2.14 bits per heavy atom. The van der Waals surface area contributed by atoms with Crippen molar-refractivity contribution in [1.82, 2.24) is 9.88 Å². The molecule has 0 saturated heterocycles. The number of aromatic nitrogens is 1. The molecule has 21 heavy (non-hydrogen) atoms. The maximum atomic E-state index is 12.1. The second kappa shape index (κ2) is 5.95. The second-order valence-corrected chi connectivity index (χ2v) is 5.33. The molecule has 4 nitrogen and oxygen atoms in total. The topological polar surface area (TPSA) is 42.4 Å². The van der Waals surface area contributed by atoms with Crippen LogP contribution in [0.3, 0.4) is 0 Å². The third-order valence-electron chi connectivity index (χ3n) is 3.64. The molecule has 1 aromatic heterocycles. The van der Waals surface area contributed by atoms with Crippen LogP contribution in [0.25, 0.3) is 0 Å².